The number of nitrogens with one attached hydrogen (secondary N) is 3. The monoisotopic (exact) mass is 288 g/mol. The third-order valence-corrected chi connectivity index (χ3v) is 3.91. The fourth-order valence-corrected chi connectivity index (χ4v) is 2.74. The molecule has 0 aromatic heterocycles. The van der Waals surface area contributed by atoms with E-state index >= 15 is 0 Å². The lowest BCUT2D eigenvalue weighted by Crippen LogP contribution is -2.56. The summed E-state index contributed by atoms with van der Waals surface area (Å²) in [5.74, 6) is -0.191. The molecule has 3 N–H and O–H groups in total. The molecule has 1 aromatic carbocycles. The minimum Gasteiger partial charge on any atom is -0.371 e. The van der Waals surface area contributed by atoms with Crippen LogP contribution in [0, 0.1) is 0 Å². The topological polar surface area (TPSA) is 73.5 Å². The van der Waals surface area contributed by atoms with Crippen LogP contribution in [0.4, 0.5) is 11.4 Å². The first-order chi connectivity index (χ1) is 10.2. The number of piperazine rings is 1. The van der Waals surface area contributed by atoms with E-state index in [1.54, 1.807) is 0 Å². The summed E-state index contributed by atoms with van der Waals surface area (Å²) in [5, 5.41) is 8.52. The molecule has 2 saturated heterocycles. The summed E-state index contributed by atoms with van der Waals surface area (Å²) in [7, 11) is 0. The Balaban J connectivity index is 1.63. The van der Waals surface area contributed by atoms with Gasteiger partial charge in [-0.15, -0.1) is 0 Å². The maximum absolute atomic E-state index is 12.2. The SMILES string of the molecule is O=C1CNC(C(=O)Nc2cccc(N3CCCC3)c2)CN1. The van der Waals surface area contributed by atoms with E-state index < -0.39 is 0 Å². The van der Waals surface area contributed by atoms with Crippen LogP contribution in [0.5, 0.6) is 0 Å². The zero-order valence-electron chi connectivity index (χ0n) is 11.9. The molecule has 0 saturated carbocycles. The lowest BCUT2D eigenvalue weighted by molar-refractivity contribution is -0.124. The highest BCUT2D eigenvalue weighted by atomic mass is 16.2. The zero-order chi connectivity index (χ0) is 14.7. The van der Waals surface area contributed by atoms with E-state index in [1.807, 2.05) is 18.2 Å². The Morgan fingerprint density at radius 1 is 1.29 bits per heavy atom. The van der Waals surface area contributed by atoms with Gasteiger partial charge in [-0.1, -0.05) is 6.07 Å². The second-order valence-electron chi connectivity index (χ2n) is 5.47. The predicted octanol–water partition coefficient (Wildman–Crippen LogP) is 0.313. The minimum atomic E-state index is -0.377. The van der Waals surface area contributed by atoms with Crippen LogP contribution in [0.1, 0.15) is 12.8 Å². The maximum atomic E-state index is 12.2. The number of hydrogen-bond donors (Lipinski definition) is 3. The first-order valence-corrected chi connectivity index (χ1v) is 7.38. The Labute approximate surface area is 123 Å². The van der Waals surface area contributed by atoms with E-state index in [0.717, 1.165) is 24.5 Å². The van der Waals surface area contributed by atoms with Crippen molar-refractivity contribution in [3.05, 3.63) is 24.3 Å². The molecule has 0 aliphatic carbocycles. The number of rotatable bonds is 3. The van der Waals surface area contributed by atoms with E-state index in [-0.39, 0.29) is 24.4 Å². The van der Waals surface area contributed by atoms with Crippen molar-refractivity contribution >= 4 is 23.2 Å². The van der Waals surface area contributed by atoms with Crippen LogP contribution in [-0.2, 0) is 9.59 Å². The van der Waals surface area contributed by atoms with Crippen LogP contribution in [0.15, 0.2) is 24.3 Å². The predicted molar refractivity (Wildman–Crippen MR) is 81.3 cm³/mol. The molecular formula is C15H20N4O2. The van der Waals surface area contributed by atoms with Crippen molar-refractivity contribution < 1.29 is 9.59 Å². The van der Waals surface area contributed by atoms with Crippen molar-refractivity contribution in [3.63, 3.8) is 0 Å². The highest BCUT2D eigenvalue weighted by Gasteiger charge is 2.23. The van der Waals surface area contributed by atoms with Gasteiger partial charge in [0.15, 0.2) is 0 Å². The molecule has 0 radical (unpaired) electrons. The van der Waals surface area contributed by atoms with E-state index in [4.69, 9.17) is 0 Å². The molecule has 6 nitrogen and oxygen atoms in total. The summed E-state index contributed by atoms with van der Waals surface area (Å²) in [6.07, 6.45) is 2.45. The van der Waals surface area contributed by atoms with Gasteiger partial charge in [0.25, 0.3) is 0 Å². The Morgan fingerprint density at radius 3 is 2.81 bits per heavy atom. The van der Waals surface area contributed by atoms with Crippen LogP contribution >= 0.6 is 0 Å². The molecule has 0 bridgehead atoms. The molecule has 1 unspecified atom stereocenters. The van der Waals surface area contributed by atoms with Crippen molar-refractivity contribution in [3.8, 4) is 0 Å². The zero-order valence-corrected chi connectivity index (χ0v) is 11.9. The highest BCUT2D eigenvalue weighted by molar-refractivity contribution is 5.96. The minimum absolute atomic E-state index is 0.0740. The third kappa shape index (κ3) is 3.33. The first-order valence-electron chi connectivity index (χ1n) is 7.38. The van der Waals surface area contributed by atoms with E-state index in [1.165, 1.54) is 12.8 Å². The Morgan fingerprint density at radius 2 is 2.10 bits per heavy atom. The van der Waals surface area contributed by atoms with Crippen molar-refractivity contribution in [1.82, 2.24) is 10.6 Å². The Kier molecular flexibility index (Phi) is 4.06. The van der Waals surface area contributed by atoms with Crippen molar-refractivity contribution in [2.24, 2.45) is 0 Å². The molecule has 3 rings (SSSR count). The molecule has 2 aliphatic heterocycles. The van der Waals surface area contributed by atoms with Gasteiger partial charge >= 0.3 is 0 Å². The molecular weight excluding hydrogens is 268 g/mol. The maximum Gasteiger partial charge on any atom is 0.243 e. The second kappa shape index (κ2) is 6.13. The highest BCUT2D eigenvalue weighted by Crippen LogP contribution is 2.23. The standard InChI is InChI=1S/C15H20N4O2/c20-14-10-16-13(9-17-14)15(21)18-11-4-3-5-12(8-11)19-6-1-2-7-19/h3-5,8,13,16H,1-2,6-7,9-10H2,(H,17,20)(H,18,21). The molecule has 0 spiro atoms. The quantitative estimate of drug-likeness (QED) is 0.748. The average molecular weight is 288 g/mol. The number of hydrogen-bond acceptors (Lipinski definition) is 4. The largest absolute Gasteiger partial charge is 0.371 e. The van der Waals surface area contributed by atoms with Gasteiger partial charge in [0.1, 0.15) is 6.04 Å². The Hall–Kier alpha value is -2.08. The summed E-state index contributed by atoms with van der Waals surface area (Å²) in [6, 6.07) is 7.54. The summed E-state index contributed by atoms with van der Waals surface area (Å²) < 4.78 is 0. The normalized spacial score (nSPS) is 22.0. The molecule has 2 amide bonds. The molecule has 1 atom stereocenters. The van der Waals surface area contributed by atoms with Crippen molar-refractivity contribution in [1.29, 1.82) is 0 Å². The fourth-order valence-electron chi connectivity index (χ4n) is 2.74. The molecule has 6 heteroatoms. The van der Waals surface area contributed by atoms with Crippen LogP contribution in [0.3, 0.4) is 0 Å². The van der Waals surface area contributed by atoms with Gasteiger partial charge in [0, 0.05) is 31.0 Å². The molecule has 2 aliphatic rings. The molecule has 1 aromatic rings. The number of nitrogens with zero attached hydrogens (tertiary/aromatic N) is 1. The van der Waals surface area contributed by atoms with E-state index in [0.29, 0.717) is 6.54 Å². The number of anilines is 2. The lowest BCUT2D eigenvalue weighted by Gasteiger charge is -2.23. The number of amides is 2. The molecule has 2 heterocycles. The van der Waals surface area contributed by atoms with Crippen molar-refractivity contribution in [2.75, 3.05) is 36.4 Å². The Bertz CT molecular complexity index is 530. The van der Waals surface area contributed by atoms with Crippen LogP contribution in [-0.4, -0.2) is 44.0 Å². The molecule has 21 heavy (non-hydrogen) atoms. The third-order valence-electron chi connectivity index (χ3n) is 3.91. The molecule has 2 fully saturated rings. The number of benzene rings is 1. The second-order valence-corrected chi connectivity index (χ2v) is 5.47. The molecule has 112 valence electrons. The van der Waals surface area contributed by atoms with Gasteiger partial charge in [-0.25, -0.2) is 0 Å². The number of carbonyl (C=O) groups excluding carboxylic acids is 2. The van der Waals surface area contributed by atoms with E-state index in [2.05, 4.69) is 26.9 Å². The van der Waals surface area contributed by atoms with Gasteiger partial charge in [-0.2, -0.15) is 0 Å². The van der Waals surface area contributed by atoms with Gasteiger partial charge in [-0.3, -0.25) is 14.9 Å². The smallest absolute Gasteiger partial charge is 0.243 e. The average Bonchev–Trinajstić information content (AvgIpc) is 3.02. The summed E-state index contributed by atoms with van der Waals surface area (Å²) in [6.45, 7) is 2.67. The van der Waals surface area contributed by atoms with Crippen molar-refractivity contribution in [2.45, 2.75) is 18.9 Å². The van der Waals surface area contributed by atoms with Crippen LogP contribution < -0.4 is 20.9 Å². The van der Waals surface area contributed by atoms with Gasteiger partial charge < -0.3 is 15.5 Å². The van der Waals surface area contributed by atoms with Gasteiger partial charge in [0.2, 0.25) is 11.8 Å². The summed E-state index contributed by atoms with van der Waals surface area (Å²) >= 11 is 0. The van der Waals surface area contributed by atoms with Crippen LogP contribution in [0.2, 0.25) is 0 Å². The first kappa shape index (κ1) is 13.9. The van der Waals surface area contributed by atoms with Gasteiger partial charge in [0.05, 0.1) is 6.54 Å². The summed E-state index contributed by atoms with van der Waals surface area (Å²) in [5.41, 5.74) is 1.94. The van der Waals surface area contributed by atoms with Gasteiger partial charge in [-0.05, 0) is 31.0 Å². The number of carbonyl (C=O) groups is 2. The fraction of sp³-hybridized carbons (Fsp3) is 0.467. The van der Waals surface area contributed by atoms with E-state index in [9.17, 15) is 9.59 Å². The van der Waals surface area contributed by atoms with Crippen LogP contribution in [0.25, 0.3) is 0 Å². The lowest BCUT2D eigenvalue weighted by atomic mass is 10.2. The summed E-state index contributed by atoms with van der Waals surface area (Å²) in [4.78, 5) is 25.6.